The fourth-order valence-electron chi connectivity index (χ4n) is 4.52. The lowest BCUT2D eigenvalue weighted by Gasteiger charge is -2.23. The highest BCUT2D eigenvalue weighted by Gasteiger charge is 2.26. The fourth-order valence-corrected chi connectivity index (χ4v) is 4.52. The van der Waals surface area contributed by atoms with E-state index in [4.69, 9.17) is 11.6 Å². The fraction of sp³-hybridized carbons (Fsp3) is 0.320. The summed E-state index contributed by atoms with van der Waals surface area (Å²) in [5.74, 6) is 6.40. The first-order valence-electron chi connectivity index (χ1n) is 10.9. The van der Waals surface area contributed by atoms with Crippen LogP contribution in [0.2, 0.25) is 0 Å². The smallest absolute Gasteiger partial charge is 0.124 e. The largest absolute Gasteiger partial charge is 0.401 e. The van der Waals surface area contributed by atoms with Crippen molar-refractivity contribution < 1.29 is 4.79 Å². The normalized spacial score (nSPS) is 20.4. The average molecular weight is 418 g/mol. The number of benzene rings is 2. The van der Waals surface area contributed by atoms with Gasteiger partial charge in [-0.3, -0.25) is 0 Å². The number of hydrogen-bond donors (Lipinski definition) is 4. The van der Waals surface area contributed by atoms with Crippen LogP contribution in [0.15, 0.2) is 54.2 Å². The molecule has 0 fully saturated rings. The molecule has 2 heterocycles. The van der Waals surface area contributed by atoms with Crippen molar-refractivity contribution in [2.75, 3.05) is 25.0 Å². The lowest BCUT2D eigenvalue weighted by atomic mass is 9.91. The van der Waals surface area contributed by atoms with Crippen molar-refractivity contribution in [3.05, 3.63) is 76.5 Å². The highest BCUT2D eigenvalue weighted by Crippen LogP contribution is 2.37. The van der Waals surface area contributed by atoms with Crippen molar-refractivity contribution in [3.8, 4) is 0 Å². The van der Waals surface area contributed by atoms with Crippen LogP contribution in [-0.2, 0) is 11.2 Å². The summed E-state index contributed by atoms with van der Waals surface area (Å²) in [5.41, 5.74) is 14.8. The van der Waals surface area contributed by atoms with E-state index in [2.05, 4.69) is 34.9 Å². The summed E-state index contributed by atoms with van der Waals surface area (Å²) in [7, 11) is 0. The van der Waals surface area contributed by atoms with Gasteiger partial charge >= 0.3 is 0 Å². The topological polar surface area (TPSA) is 96.4 Å². The minimum atomic E-state index is 0.0756. The van der Waals surface area contributed by atoms with Gasteiger partial charge in [0.2, 0.25) is 0 Å². The zero-order valence-electron chi connectivity index (χ0n) is 18.0. The van der Waals surface area contributed by atoms with Crippen molar-refractivity contribution in [3.63, 3.8) is 0 Å². The van der Waals surface area contributed by atoms with Crippen LogP contribution in [0, 0.1) is 0 Å². The first-order valence-corrected chi connectivity index (χ1v) is 10.9. The van der Waals surface area contributed by atoms with Crippen LogP contribution in [0.4, 0.5) is 5.69 Å². The molecule has 1 unspecified atom stereocenters. The Morgan fingerprint density at radius 3 is 2.90 bits per heavy atom. The molecule has 162 valence electrons. The molecule has 0 aromatic heterocycles. The molecule has 6 heteroatoms. The van der Waals surface area contributed by atoms with Gasteiger partial charge in [0.1, 0.15) is 6.29 Å². The van der Waals surface area contributed by atoms with Crippen LogP contribution >= 0.6 is 0 Å². The lowest BCUT2D eigenvalue weighted by Crippen LogP contribution is -2.31. The molecule has 0 saturated carbocycles. The Balaban J connectivity index is 1.77. The zero-order valence-corrected chi connectivity index (χ0v) is 18.0. The SMILES string of the molecule is C/C(N)=C1\c2ccc(C3=CCNCC3)cc2C(Nc2cccc(CC=O)c2)CCN1N. The van der Waals surface area contributed by atoms with Crippen molar-refractivity contribution in [1.82, 2.24) is 10.3 Å². The van der Waals surface area contributed by atoms with E-state index >= 15 is 0 Å². The van der Waals surface area contributed by atoms with E-state index in [9.17, 15) is 4.79 Å². The lowest BCUT2D eigenvalue weighted by molar-refractivity contribution is -0.107. The Hall–Kier alpha value is -3.09. The molecular formula is C25H31N5O. The number of carbonyl (C=O) groups is 1. The number of hydrazine groups is 1. The molecule has 0 aliphatic carbocycles. The summed E-state index contributed by atoms with van der Waals surface area (Å²) < 4.78 is 0. The van der Waals surface area contributed by atoms with E-state index in [1.54, 1.807) is 5.01 Å². The monoisotopic (exact) mass is 417 g/mol. The first kappa shape index (κ1) is 21.2. The molecule has 4 rings (SSSR count). The Kier molecular flexibility index (Phi) is 6.39. The quantitative estimate of drug-likeness (QED) is 0.441. The maximum atomic E-state index is 10.9. The average Bonchev–Trinajstić information content (AvgIpc) is 2.91. The minimum Gasteiger partial charge on any atom is -0.401 e. The molecule has 31 heavy (non-hydrogen) atoms. The van der Waals surface area contributed by atoms with Crippen LogP contribution < -0.4 is 22.2 Å². The molecule has 0 saturated heterocycles. The third-order valence-electron chi connectivity index (χ3n) is 6.02. The molecule has 2 aliphatic rings. The molecule has 6 N–H and O–H groups in total. The van der Waals surface area contributed by atoms with Gasteiger partial charge in [0.25, 0.3) is 0 Å². The maximum absolute atomic E-state index is 10.9. The van der Waals surface area contributed by atoms with E-state index in [-0.39, 0.29) is 6.04 Å². The minimum absolute atomic E-state index is 0.0756. The number of hydrogen-bond acceptors (Lipinski definition) is 6. The van der Waals surface area contributed by atoms with Crippen molar-refractivity contribution in [1.29, 1.82) is 0 Å². The van der Waals surface area contributed by atoms with Gasteiger partial charge in [-0.1, -0.05) is 30.3 Å². The second-order valence-electron chi connectivity index (χ2n) is 8.27. The van der Waals surface area contributed by atoms with Crippen LogP contribution in [0.3, 0.4) is 0 Å². The number of nitrogens with zero attached hydrogens (tertiary/aromatic N) is 1. The van der Waals surface area contributed by atoms with E-state index in [0.29, 0.717) is 18.7 Å². The predicted molar refractivity (Wildman–Crippen MR) is 127 cm³/mol. The molecule has 0 radical (unpaired) electrons. The van der Waals surface area contributed by atoms with Crippen LogP contribution in [0.1, 0.15) is 48.1 Å². The predicted octanol–water partition coefficient (Wildman–Crippen LogP) is 3.18. The summed E-state index contributed by atoms with van der Waals surface area (Å²) in [6.45, 7) is 4.49. The van der Waals surface area contributed by atoms with Gasteiger partial charge in [0.15, 0.2) is 0 Å². The summed E-state index contributed by atoms with van der Waals surface area (Å²) in [5, 5.41) is 8.84. The number of rotatable bonds is 5. The van der Waals surface area contributed by atoms with E-state index in [0.717, 1.165) is 54.7 Å². The van der Waals surface area contributed by atoms with Gasteiger partial charge in [-0.25, -0.2) is 5.84 Å². The third kappa shape index (κ3) is 4.65. The van der Waals surface area contributed by atoms with Crippen LogP contribution in [0.25, 0.3) is 11.3 Å². The molecule has 0 amide bonds. The van der Waals surface area contributed by atoms with Gasteiger partial charge in [-0.05, 0) is 66.8 Å². The summed E-state index contributed by atoms with van der Waals surface area (Å²) in [6, 6.07) is 14.8. The number of nitrogens with one attached hydrogen (secondary N) is 2. The number of nitrogens with two attached hydrogens (primary N) is 2. The number of carbonyl (C=O) groups excluding carboxylic acids is 1. The third-order valence-corrected chi connectivity index (χ3v) is 6.02. The molecule has 2 aromatic rings. The number of anilines is 1. The first-order chi connectivity index (χ1) is 15.1. The van der Waals surface area contributed by atoms with E-state index in [1.807, 2.05) is 31.2 Å². The Morgan fingerprint density at radius 1 is 1.29 bits per heavy atom. The second-order valence-corrected chi connectivity index (χ2v) is 8.27. The number of fused-ring (bicyclic) bond motifs is 1. The van der Waals surface area contributed by atoms with E-state index in [1.165, 1.54) is 16.7 Å². The van der Waals surface area contributed by atoms with Crippen molar-refractivity contribution in [2.24, 2.45) is 11.6 Å². The summed E-state index contributed by atoms with van der Waals surface area (Å²) >= 11 is 0. The Labute approximate surface area is 184 Å². The van der Waals surface area contributed by atoms with E-state index < -0.39 is 0 Å². The number of aldehydes is 1. The Morgan fingerprint density at radius 2 is 2.16 bits per heavy atom. The van der Waals surface area contributed by atoms with Gasteiger partial charge in [-0.15, -0.1) is 0 Å². The molecule has 2 aromatic carbocycles. The second kappa shape index (κ2) is 9.37. The zero-order chi connectivity index (χ0) is 21.8. The summed E-state index contributed by atoms with van der Waals surface area (Å²) in [4.78, 5) is 10.9. The van der Waals surface area contributed by atoms with Gasteiger partial charge in [0, 0.05) is 36.5 Å². The van der Waals surface area contributed by atoms with Crippen LogP contribution in [-0.4, -0.2) is 30.9 Å². The maximum Gasteiger partial charge on any atom is 0.124 e. The van der Waals surface area contributed by atoms with Crippen LogP contribution in [0.5, 0.6) is 0 Å². The van der Waals surface area contributed by atoms with Crippen molar-refractivity contribution >= 4 is 23.2 Å². The number of allylic oxidation sites excluding steroid dienone is 1. The molecule has 2 aliphatic heterocycles. The molecule has 0 bridgehead atoms. The highest BCUT2D eigenvalue weighted by molar-refractivity contribution is 5.75. The summed E-state index contributed by atoms with van der Waals surface area (Å²) in [6.07, 6.45) is 5.48. The Bertz CT molecular complexity index is 1020. The molecule has 1 atom stereocenters. The molecular weight excluding hydrogens is 386 g/mol. The van der Waals surface area contributed by atoms with Gasteiger partial charge in [-0.2, -0.15) is 0 Å². The highest BCUT2D eigenvalue weighted by atomic mass is 16.1. The van der Waals surface area contributed by atoms with Gasteiger partial charge < -0.3 is 26.2 Å². The molecule has 0 spiro atoms. The standard InChI is InChI=1S/C25H31N5O/c1-17(26)25-22-6-5-20(19-7-11-28-12-8-19)16-23(22)24(9-13-30(25)27)29-21-4-2-3-18(15-21)10-14-31/h2-7,14-16,24,28-29H,8-13,26-27H2,1H3/b25-17-. The molecule has 6 nitrogen and oxygen atoms in total. The van der Waals surface area contributed by atoms with Gasteiger partial charge in [0.05, 0.1) is 11.7 Å². The van der Waals surface area contributed by atoms with Crippen molar-refractivity contribution in [2.45, 2.75) is 32.2 Å².